The Morgan fingerprint density at radius 2 is 2.15 bits per heavy atom. The molecule has 1 rings (SSSR count). The first-order valence-electron chi connectivity index (χ1n) is 5.11. The molecule has 0 aromatic heterocycles. The molecule has 0 amide bonds. The summed E-state index contributed by atoms with van der Waals surface area (Å²) < 4.78 is 11.2. The Labute approximate surface area is 80.9 Å². The molecule has 0 bridgehead atoms. The van der Waals surface area contributed by atoms with Crippen molar-refractivity contribution in [2.75, 3.05) is 6.61 Å². The quantitative estimate of drug-likeness (QED) is 0.628. The van der Waals surface area contributed by atoms with Gasteiger partial charge in [0, 0.05) is 0 Å². The Morgan fingerprint density at radius 1 is 1.38 bits per heavy atom. The summed E-state index contributed by atoms with van der Waals surface area (Å²) in [6.07, 6.45) is 7.86. The lowest BCUT2D eigenvalue weighted by Gasteiger charge is -2.35. The van der Waals surface area contributed by atoms with Crippen molar-refractivity contribution < 1.29 is 9.47 Å². The number of ether oxygens (including phenoxy) is 2. The van der Waals surface area contributed by atoms with Crippen LogP contribution < -0.4 is 0 Å². The van der Waals surface area contributed by atoms with Crippen molar-refractivity contribution in [2.45, 2.75) is 51.9 Å². The molecule has 0 spiro atoms. The lowest BCUT2D eigenvalue weighted by atomic mass is 10.1. The maximum Gasteiger partial charge on any atom is 0.163 e. The molecule has 13 heavy (non-hydrogen) atoms. The van der Waals surface area contributed by atoms with Gasteiger partial charge in [0.2, 0.25) is 0 Å². The first-order chi connectivity index (χ1) is 6.14. The average molecular weight is 184 g/mol. The van der Waals surface area contributed by atoms with Crippen LogP contribution in [0.15, 0.2) is 12.2 Å². The first kappa shape index (κ1) is 10.7. The fraction of sp³-hybridized carbons (Fsp3) is 0.818. The van der Waals surface area contributed by atoms with Crippen molar-refractivity contribution >= 4 is 0 Å². The molecule has 1 fully saturated rings. The van der Waals surface area contributed by atoms with E-state index >= 15 is 0 Å². The molecule has 0 unspecified atom stereocenters. The standard InChI is InChI=1S/C11H20O2/c1-4-5-6-7-10-8-9-12-11(2,3)13-10/h5-6,10H,4,7-9H2,1-3H3/b6-5+/t10-/m1/s1. The van der Waals surface area contributed by atoms with E-state index in [1.54, 1.807) is 0 Å². The molecule has 0 radical (unpaired) electrons. The predicted octanol–water partition coefficient (Wildman–Crippen LogP) is 2.88. The van der Waals surface area contributed by atoms with Gasteiger partial charge in [0.25, 0.3) is 0 Å². The van der Waals surface area contributed by atoms with E-state index in [0.29, 0.717) is 6.10 Å². The molecule has 0 saturated carbocycles. The lowest BCUT2D eigenvalue weighted by Crippen LogP contribution is -2.39. The summed E-state index contributed by atoms with van der Waals surface area (Å²) in [4.78, 5) is 0. The van der Waals surface area contributed by atoms with Gasteiger partial charge in [-0.25, -0.2) is 0 Å². The van der Waals surface area contributed by atoms with Gasteiger partial charge in [-0.1, -0.05) is 19.1 Å². The Balaban J connectivity index is 2.30. The van der Waals surface area contributed by atoms with Crippen LogP contribution in [0.1, 0.15) is 40.0 Å². The van der Waals surface area contributed by atoms with E-state index in [1.807, 2.05) is 13.8 Å². The van der Waals surface area contributed by atoms with Crippen molar-refractivity contribution in [3.05, 3.63) is 12.2 Å². The van der Waals surface area contributed by atoms with Crippen LogP contribution in [0.25, 0.3) is 0 Å². The largest absolute Gasteiger partial charge is 0.350 e. The molecule has 0 aliphatic carbocycles. The van der Waals surface area contributed by atoms with Gasteiger partial charge in [-0.2, -0.15) is 0 Å². The third-order valence-corrected chi connectivity index (χ3v) is 2.14. The number of allylic oxidation sites excluding steroid dienone is 1. The average Bonchev–Trinajstić information content (AvgIpc) is 2.03. The fourth-order valence-corrected chi connectivity index (χ4v) is 1.51. The van der Waals surface area contributed by atoms with Gasteiger partial charge in [-0.15, -0.1) is 0 Å². The lowest BCUT2D eigenvalue weighted by molar-refractivity contribution is -0.272. The van der Waals surface area contributed by atoms with Crippen molar-refractivity contribution in [2.24, 2.45) is 0 Å². The second kappa shape index (κ2) is 4.77. The van der Waals surface area contributed by atoms with Crippen LogP contribution in [0.4, 0.5) is 0 Å². The summed E-state index contributed by atoms with van der Waals surface area (Å²) in [5.41, 5.74) is 0. The number of rotatable bonds is 3. The molecule has 0 aromatic carbocycles. The minimum Gasteiger partial charge on any atom is -0.350 e. The molecule has 1 heterocycles. The van der Waals surface area contributed by atoms with E-state index < -0.39 is 0 Å². The Hall–Kier alpha value is -0.340. The van der Waals surface area contributed by atoms with Crippen LogP contribution in [-0.2, 0) is 9.47 Å². The summed E-state index contributed by atoms with van der Waals surface area (Å²) in [6.45, 7) is 6.91. The normalized spacial score (nSPS) is 28.1. The van der Waals surface area contributed by atoms with E-state index in [2.05, 4.69) is 19.1 Å². The van der Waals surface area contributed by atoms with Crippen LogP contribution in [0.2, 0.25) is 0 Å². The van der Waals surface area contributed by atoms with Crippen LogP contribution in [0.5, 0.6) is 0 Å². The minimum atomic E-state index is -0.386. The highest BCUT2D eigenvalue weighted by atomic mass is 16.7. The Kier molecular flexibility index (Phi) is 3.94. The molecule has 0 aromatic rings. The Morgan fingerprint density at radius 3 is 2.77 bits per heavy atom. The molecule has 0 N–H and O–H groups in total. The predicted molar refractivity (Wildman–Crippen MR) is 53.6 cm³/mol. The highest BCUT2D eigenvalue weighted by Crippen LogP contribution is 2.23. The summed E-state index contributed by atoms with van der Waals surface area (Å²) >= 11 is 0. The van der Waals surface area contributed by atoms with Gasteiger partial charge in [0.05, 0.1) is 12.7 Å². The van der Waals surface area contributed by atoms with Gasteiger partial charge in [0.15, 0.2) is 5.79 Å². The summed E-state index contributed by atoms with van der Waals surface area (Å²) in [7, 11) is 0. The summed E-state index contributed by atoms with van der Waals surface area (Å²) in [6, 6.07) is 0. The zero-order valence-electron chi connectivity index (χ0n) is 8.88. The van der Waals surface area contributed by atoms with Crippen molar-refractivity contribution in [3.63, 3.8) is 0 Å². The summed E-state index contributed by atoms with van der Waals surface area (Å²) in [5, 5.41) is 0. The maximum absolute atomic E-state index is 5.75. The molecule has 1 atom stereocenters. The molecular weight excluding hydrogens is 164 g/mol. The number of hydrogen-bond acceptors (Lipinski definition) is 2. The molecular formula is C11H20O2. The zero-order valence-corrected chi connectivity index (χ0v) is 8.88. The van der Waals surface area contributed by atoms with Crippen LogP contribution >= 0.6 is 0 Å². The third kappa shape index (κ3) is 3.92. The van der Waals surface area contributed by atoms with Crippen LogP contribution in [-0.4, -0.2) is 18.5 Å². The Bertz CT molecular complexity index is 173. The van der Waals surface area contributed by atoms with E-state index in [4.69, 9.17) is 9.47 Å². The fourth-order valence-electron chi connectivity index (χ4n) is 1.51. The smallest absolute Gasteiger partial charge is 0.163 e. The van der Waals surface area contributed by atoms with Gasteiger partial charge in [0.1, 0.15) is 0 Å². The van der Waals surface area contributed by atoms with Gasteiger partial charge in [-0.3, -0.25) is 0 Å². The third-order valence-electron chi connectivity index (χ3n) is 2.14. The molecule has 76 valence electrons. The van der Waals surface area contributed by atoms with Gasteiger partial charge < -0.3 is 9.47 Å². The monoisotopic (exact) mass is 184 g/mol. The second-order valence-corrected chi connectivity index (χ2v) is 3.89. The zero-order chi connectivity index (χ0) is 9.73. The molecule has 1 aliphatic heterocycles. The van der Waals surface area contributed by atoms with Crippen LogP contribution in [0.3, 0.4) is 0 Å². The van der Waals surface area contributed by atoms with Crippen LogP contribution in [0, 0.1) is 0 Å². The van der Waals surface area contributed by atoms with Gasteiger partial charge >= 0.3 is 0 Å². The molecule has 1 saturated heterocycles. The van der Waals surface area contributed by atoms with E-state index in [9.17, 15) is 0 Å². The molecule has 2 nitrogen and oxygen atoms in total. The highest BCUT2D eigenvalue weighted by molar-refractivity contribution is 4.84. The topological polar surface area (TPSA) is 18.5 Å². The minimum absolute atomic E-state index is 0.339. The van der Waals surface area contributed by atoms with Crippen molar-refractivity contribution in [3.8, 4) is 0 Å². The van der Waals surface area contributed by atoms with E-state index in [1.165, 1.54) is 0 Å². The van der Waals surface area contributed by atoms with Crippen molar-refractivity contribution in [1.82, 2.24) is 0 Å². The molecule has 1 aliphatic rings. The molecule has 2 heteroatoms. The summed E-state index contributed by atoms with van der Waals surface area (Å²) in [5.74, 6) is -0.386. The highest BCUT2D eigenvalue weighted by Gasteiger charge is 2.28. The first-order valence-corrected chi connectivity index (χ1v) is 5.11. The maximum atomic E-state index is 5.75. The number of hydrogen-bond donors (Lipinski definition) is 0. The van der Waals surface area contributed by atoms with E-state index in [0.717, 1.165) is 25.9 Å². The van der Waals surface area contributed by atoms with Gasteiger partial charge in [-0.05, 0) is 33.1 Å². The van der Waals surface area contributed by atoms with Crippen molar-refractivity contribution in [1.29, 1.82) is 0 Å². The SMILES string of the molecule is CC/C=C/C[C@@H]1CCOC(C)(C)O1. The van der Waals surface area contributed by atoms with E-state index in [-0.39, 0.29) is 5.79 Å². The second-order valence-electron chi connectivity index (χ2n) is 3.89.